The van der Waals surface area contributed by atoms with Crippen LogP contribution in [0.4, 0.5) is 5.69 Å². The quantitative estimate of drug-likeness (QED) is 0.643. The molecule has 0 fully saturated rings. The van der Waals surface area contributed by atoms with Gasteiger partial charge in [-0.3, -0.25) is 4.79 Å². The fourth-order valence-corrected chi connectivity index (χ4v) is 2.48. The molecule has 2 rings (SSSR count). The minimum Gasteiger partial charge on any atom is -0.482 e. The molecule has 1 amide bonds. The Kier molecular flexibility index (Phi) is 6.07. The first kappa shape index (κ1) is 17.5. The molecule has 0 atom stereocenters. The van der Waals surface area contributed by atoms with Crippen molar-refractivity contribution in [2.45, 2.75) is 0 Å². The van der Waals surface area contributed by atoms with Gasteiger partial charge >= 0.3 is 0 Å². The Bertz CT molecular complexity index is 721. The second kappa shape index (κ2) is 7.62. The minimum absolute atomic E-state index is 0.240. The van der Waals surface area contributed by atoms with E-state index in [-0.39, 0.29) is 21.7 Å². The second-order valence-corrected chi connectivity index (χ2v) is 6.14. The monoisotopic (exact) mass is 397 g/mol. The summed E-state index contributed by atoms with van der Waals surface area (Å²) in [5, 5.41) is 3.99. The van der Waals surface area contributed by atoms with Crippen molar-refractivity contribution in [1.29, 1.82) is 0 Å². The Labute approximate surface area is 152 Å². The molecule has 0 bridgehead atoms. The standard InChI is InChI=1S/C14H8Cl5NO2/c15-7-2-1-3-12(14(7)19)22-6-13(21)20-11-5-9(17)8(16)4-10(11)18/h1-5H,6H2,(H,20,21). The topological polar surface area (TPSA) is 38.3 Å². The van der Waals surface area contributed by atoms with E-state index in [1.54, 1.807) is 18.2 Å². The average Bonchev–Trinajstić information content (AvgIpc) is 2.46. The Morgan fingerprint density at radius 2 is 1.64 bits per heavy atom. The van der Waals surface area contributed by atoms with Gasteiger partial charge in [0, 0.05) is 0 Å². The van der Waals surface area contributed by atoms with Gasteiger partial charge in [0.2, 0.25) is 0 Å². The van der Waals surface area contributed by atoms with Crippen LogP contribution in [0.3, 0.4) is 0 Å². The summed E-state index contributed by atoms with van der Waals surface area (Å²) in [6, 6.07) is 7.78. The SMILES string of the molecule is O=C(COc1cccc(Cl)c1Cl)Nc1cc(Cl)c(Cl)cc1Cl. The van der Waals surface area contributed by atoms with Gasteiger partial charge in [0.05, 0.1) is 25.8 Å². The van der Waals surface area contributed by atoms with Crippen LogP contribution in [0, 0.1) is 0 Å². The van der Waals surface area contributed by atoms with Crippen molar-refractivity contribution in [2.75, 3.05) is 11.9 Å². The van der Waals surface area contributed by atoms with Crippen LogP contribution < -0.4 is 10.1 Å². The summed E-state index contributed by atoms with van der Waals surface area (Å²) in [5.74, 6) is -0.124. The Morgan fingerprint density at radius 3 is 2.36 bits per heavy atom. The number of ether oxygens (including phenoxy) is 1. The van der Waals surface area contributed by atoms with Crippen molar-refractivity contribution in [1.82, 2.24) is 0 Å². The van der Waals surface area contributed by atoms with Crippen LogP contribution in [-0.2, 0) is 4.79 Å². The molecule has 8 heteroatoms. The molecule has 116 valence electrons. The van der Waals surface area contributed by atoms with E-state index < -0.39 is 5.91 Å². The maximum Gasteiger partial charge on any atom is 0.262 e. The lowest BCUT2D eigenvalue weighted by atomic mass is 10.3. The maximum absolute atomic E-state index is 11.9. The van der Waals surface area contributed by atoms with Crippen LogP contribution in [0.25, 0.3) is 0 Å². The summed E-state index contributed by atoms with van der Waals surface area (Å²) in [6.45, 7) is -0.267. The van der Waals surface area contributed by atoms with Gasteiger partial charge in [-0.2, -0.15) is 0 Å². The molecule has 0 heterocycles. The Hall–Kier alpha value is -0.840. The van der Waals surface area contributed by atoms with Gasteiger partial charge in [0.25, 0.3) is 5.91 Å². The third-order valence-electron chi connectivity index (χ3n) is 2.56. The molecule has 2 aromatic carbocycles. The lowest BCUT2D eigenvalue weighted by Gasteiger charge is -2.11. The molecule has 0 aliphatic heterocycles. The van der Waals surface area contributed by atoms with E-state index in [0.717, 1.165) is 0 Å². The van der Waals surface area contributed by atoms with Gasteiger partial charge in [-0.15, -0.1) is 0 Å². The molecule has 0 saturated heterocycles. The molecule has 1 N–H and O–H groups in total. The van der Waals surface area contributed by atoms with Crippen LogP contribution in [0.5, 0.6) is 5.75 Å². The van der Waals surface area contributed by atoms with E-state index in [9.17, 15) is 4.79 Å². The number of nitrogens with one attached hydrogen (secondary N) is 1. The molecule has 0 aliphatic rings. The van der Waals surface area contributed by atoms with Crippen molar-refractivity contribution >= 4 is 69.6 Å². The van der Waals surface area contributed by atoms with E-state index in [0.29, 0.717) is 21.5 Å². The fraction of sp³-hybridized carbons (Fsp3) is 0.0714. The van der Waals surface area contributed by atoms with Crippen LogP contribution in [-0.4, -0.2) is 12.5 Å². The normalized spacial score (nSPS) is 10.4. The summed E-state index contributed by atoms with van der Waals surface area (Å²) >= 11 is 29.5. The predicted octanol–water partition coefficient (Wildman–Crippen LogP) is 5.97. The maximum atomic E-state index is 11.9. The van der Waals surface area contributed by atoms with E-state index in [1.165, 1.54) is 12.1 Å². The number of hydrogen-bond acceptors (Lipinski definition) is 2. The number of carbonyl (C=O) groups is 1. The van der Waals surface area contributed by atoms with Gasteiger partial charge in [0.1, 0.15) is 10.8 Å². The highest BCUT2D eigenvalue weighted by Gasteiger charge is 2.11. The first-order chi connectivity index (χ1) is 10.4. The summed E-state index contributed by atoms with van der Waals surface area (Å²) in [7, 11) is 0. The van der Waals surface area contributed by atoms with Gasteiger partial charge in [-0.25, -0.2) is 0 Å². The van der Waals surface area contributed by atoms with E-state index in [2.05, 4.69) is 5.32 Å². The van der Waals surface area contributed by atoms with Crippen molar-refractivity contribution in [3.8, 4) is 5.75 Å². The van der Waals surface area contributed by atoms with Crippen LogP contribution in [0.15, 0.2) is 30.3 Å². The molecule has 0 spiro atoms. The van der Waals surface area contributed by atoms with E-state index >= 15 is 0 Å². The molecule has 0 aromatic heterocycles. The highest BCUT2D eigenvalue weighted by molar-refractivity contribution is 6.44. The summed E-state index contributed by atoms with van der Waals surface area (Å²) in [5.41, 5.74) is 0.335. The average molecular weight is 399 g/mol. The molecule has 3 nitrogen and oxygen atoms in total. The number of benzene rings is 2. The molecule has 2 aromatic rings. The lowest BCUT2D eigenvalue weighted by molar-refractivity contribution is -0.118. The highest BCUT2D eigenvalue weighted by atomic mass is 35.5. The number of halogens is 5. The first-order valence-electron chi connectivity index (χ1n) is 5.89. The number of rotatable bonds is 4. The molecule has 0 unspecified atom stereocenters. The van der Waals surface area contributed by atoms with Crippen LogP contribution in [0.2, 0.25) is 25.1 Å². The summed E-state index contributed by atoms with van der Waals surface area (Å²) < 4.78 is 5.31. The summed E-state index contributed by atoms with van der Waals surface area (Å²) in [4.78, 5) is 11.9. The largest absolute Gasteiger partial charge is 0.482 e. The number of amides is 1. The highest BCUT2D eigenvalue weighted by Crippen LogP contribution is 2.33. The van der Waals surface area contributed by atoms with Crippen LogP contribution in [0.1, 0.15) is 0 Å². The van der Waals surface area contributed by atoms with Gasteiger partial charge < -0.3 is 10.1 Å². The lowest BCUT2D eigenvalue weighted by Crippen LogP contribution is -2.20. The number of hydrogen-bond donors (Lipinski definition) is 1. The van der Waals surface area contributed by atoms with Crippen LogP contribution >= 0.6 is 58.0 Å². The molecule has 22 heavy (non-hydrogen) atoms. The smallest absolute Gasteiger partial charge is 0.262 e. The van der Waals surface area contributed by atoms with E-state index in [4.69, 9.17) is 62.7 Å². The summed E-state index contributed by atoms with van der Waals surface area (Å²) in [6.07, 6.45) is 0. The van der Waals surface area contributed by atoms with Crippen molar-refractivity contribution < 1.29 is 9.53 Å². The number of anilines is 1. The van der Waals surface area contributed by atoms with Gasteiger partial charge in [-0.1, -0.05) is 64.1 Å². The van der Waals surface area contributed by atoms with Crippen molar-refractivity contribution in [3.05, 3.63) is 55.4 Å². The zero-order valence-corrected chi connectivity index (χ0v) is 14.6. The third-order valence-corrected chi connectivity index (χ3v) is 4.40. The van der Waals surface area contributed by atoms with Crippen molar-refractivity contribution in [2.24, 2.45) is 0 Å². The molecular formula is C14H8Cl5NO2. The molecule has 0 saturated carbocycles. The van der Waals surface area contributed by atoms with Gasteiger partial charge in [0.15, 0.2) is 6.61 Å². The van der Waals surface area contributed by atoms with Gasteiger partial charge in [-0.05, 0) is 24.3 Å². The Morgan fingerprint density at radius 1 is 0.955 bits per heavy atom. The van der Waals surface area contributed by atoms with Crippen molar-refractivity contribution in [3.63, 3.8) is 0 Å². The molecule has 0 aliphatic carbocycles. The number of carbonyl (C=O) groups excluding carboxylic acids is 1. The second-order valence-electron chi connectivity index (χ2n) is 4.13. The van der Waals surface area contributed by atoms with E-state index in [1.807, 2.05) is 0 Å². The fourth-order valence-electron chi connectivity index (χ4n) is 1.54. The zero-order chi connectivity index (χ0) is 16.3. The minimum atomic E-state index is -0.434. The third kappa shape index (κ3) is 4.34. The molecular weight excluding hydrogens is 391 g/mol. The Balaban J connectivity index is 2.02. The predicted molar refractivity (Wildman–Crippen MR) is 92.1 cm³/mol. The zero-order valence-electron chi connectivity index (χ0n) is 10.8. The molecule has 0 radical (unpaired) electrons. The first-order valence-corrected chi connectivity index (χ1v) is 7.78.